The van der Waals surface area contributed by atoms with Gasteiger partial charge in [-0.25, -0.2) is 0 Å². The Labute approximate surface area is 81.8 Å². The van der Waals surface area contributed by atoms with Crippen LogP contribution >= 0.6 is 15.9 Å². The molecule has 0 spiro atoms. The van der Waals surface area contributed by atoms with Gasteiger partial charge in [0, 0.05) is 5.41 Å². The molecule has 2 nitrogen and oxygen atoms in total. The SMILES string of the molecule is CC(=O)C(Br)CC(C)(C)C(C)=O. The molecule has 0 aromatic carbocycles. The summed E-state index contributed by atoms with van der Waals surface area (Å²) in [5.74, 6) is 0.192. The van der Waals surface area contributed by atoms with Crippen LogP contribution in [0.5, 0.6) is 0 Å². The summed E-state index contributed by atoms with van der Waals surface area (Å²) in [4.78, 5) is 21.8. The van der Waals surface area contributed by atoms with Crippen molar-refractivity contribution in [2.24, 2.45) is 5.41 Å². The Bertz CT molecular complexity index is 197. The minimum atomic E-state index is -0.403. The predicted octanol–water partition coefficient (Wildman–Crippen LogP) is 2.34. The standard InChI is InChI=1S/C9H15BrO2/c1-6(11)8(10)5-9(3,4)7(2)12/h8H,5H2,1-4H3. The van der Waals surface area contributed by atoms with E-state index < -0.39 is 5.41 Å². The summed E-state index contributed by atoms with van der Waals surface area (Å²) in [6.45, 7) is 6.79. The maximum Gasteiger partial charge on any atom is 0.143 e. The number of hydrogen-bond donors (Lipinski definition) is 0. The molecular formula is C9H15BrO2. The van der Waals surface area contributed by atoms with Crippen molar-refractivity contribution in [1.82, 2.24) is 0 Å². The molecule has 1 unspecified atom stereocenters. The molecule has 70 valence electrons. The zero-order valence-electron chi connectivity index (χ0n) is 7.98. The van der Waals surface area contributed by atoms with Crippen LogP contribution in [-0.4, -0.2) is 16.4 Å². The second-order valence-electron chi connectivity index (χ2n) is 3.72. The van der Waals surface area contributed by atoms with Gasteiger partial charge in [0.15, 0.2) is 0 Å². The number of Topliss-reactive ketones (excluding diaryl/α,β-unsaturated/α-hetero) is 2. The minimum Gasteiger partial charge on any atom is -0.299 e. The largest absolute Gasteiger partial charge is 0.299 e. The first-order valence-electron chi connectivity index (χ1n) is 3.93. The van der Waals surface area contributed by atoms with E-state index in [4.69, 9.17) is 0 Å². The Morgan fingerprint density at radius 2 is 1.75 bits per heavy atom. The van der Waals surface area contributed by atoms with Crippen molar-refractivity contribution in [1.29, 1.82) is 0 Å². The number of alkyl halides is 1. The number of hydrogen-bond acceptors (Lipinski definition) is 2. The lowest BCUT2D eigenvalue weighted by Crippen LogP contribution is -2.27. The summed E-state index contributed by atoms with van der Waals surface area (Å²) in [6.07, 6.45) is 0.567. The van der Waals surface area contributed by atoms with Crippen LogP contribution in [0.2, 0.25) is 0 Å². The minimum absolute atomic E-state index is 0.0734. The summed E-state index contributed by atoms with van der Waals surface area (Å²) >= 11 is 3.24. The van der Waals surface area contributed by atoms with Gasteiger partial charge in [0.2, 0.25) is 0 Å². The molecule has 0 fully saturated rings. The highest BCUT2D eigenvalue weighted by Gasteiger charge is 2.28. The molecule has 0 saturated heterocycles. The lowest BCUT2D eigenvalue weighted by Gasteiger charge is -2.22. The molecule has 0 aliphatic rings. The summed E-state index contributed by atoms with van der Waals surface area (Å²) in [5.41, 5.74) is -0.403. The lowest BCUT2D eigenvalue weighted by molar-refractivity contribution is -0.125. The van der Waals surface area contributed by atoms with Gasteiger partial charge in [0.05, 0.1) is 4.83 Å². The van der Waals surface area contributed by atoms with Crippen molar-refractivity contribution in [2.75, 3.05) is 0 Å². The Kier molecular flexibility index (Phi) is 4.11. The molecule has 0 aromatic rings. The number of carbonyl (C=O) groups is 2. The van der Waals surface area contributed by atoms with Gasteiger partial charge in [-0.1, -0.05) is 29.8 Å². The molecule has 0 N–H and O–H groups in total. The number of rotatable bonds is 4. The third-order valence-electron chi connectivity index (χ3n) is 2.08. The summed E-state index contributed by atoms with van der Waals surface area (Å²) in [7, 11) is 0. The van der Waals surface area contributed by atoms with Crippen LogP contribution in [-0.2, 0) is 9.59 Å². The predicted molar refractivity (Wildman–Crippen MR) is 52.5 cm³/mol. The van der Waals surface area contributed by atoms with Crippen LogP contribution < -0.4 is 0 Å². The maximum absolute atomic E-state index is 11.1. The normalized spacial score (nSPS) is 14.1. The van der Waals surface area contributed by atoms with Crippen LogP contribution in [0.25, 0.3) is 0 Å². The lowest BCUT2D eigenvalue weighted by atomic mass is 9.83. The molecule has 0 heterocycles. The zero-order valence-corrected chi connectivity index (χ0v) is 9.56. The molecule has 0 amide bonds. The van der Waals surface area contributed by atoms with E-state index in [0.29, 0.717) is 6.42 Å². The van der Waals surface area contributed by atoms with Gasteiger partial charge >= 0.3 is 0 Å². The van der Waals surface area contributed by atoms with Crippen molar-refractivity contribution in [3.8, 4) is 0 Å². The topological polar surface area (TPSA) is 34.1 Å². The van der Waals surface area contributed by atoms with E-state index in [9.17, 15) is 9.59 Å². The first-order valence-corrected chi connectivity index (χ1v) is 4.84. The zero-order chi connectivity index (χ0) is 9.94. The Balaban J connectivity index is 4.24. The van der Waals surface area contributed by atoms with Crippen molar-refractivity contribution >= 4 is 27.5 Å². The Morgan fingerprint density at radius 1 is 1.33 bits per heavy atom. The highest BCUT2D eigenvalue weighted by atomic mass is 79.9. The van der Waals surface area contributed by atoms with Gasteiger partial charge in [0.25, 0.3) is 0 Å². The van der Waals surface area contributed by atoms with Gasteiger partial charge in [-0.05, 0) is 20.3 Å². The summed E-state index contributed by atoms with van der Waals surface area (Å²) in [5, 5.41) is 0. The molecule has 3 heteroatoms. The van der Waals surface area contributed by atoms with E-state index in [0.717, 1.165) is 0 Å². The molecule has 0 saturated carbocycles. The summed E-state index contributed by atoms with van der Waals surface area (Å²) < 4.78 is 0. The second-order valence-corrected chi connectivity index (χ2v) is 4.83. The molecule has 12 heavy (non-hydrogen) atoms. The maximum atomic E-state index is 11.1. The molecule has 0 radical (unpaired) electrons. The average molecular weight is 235 g/mol. The first-order chi connectivity index (χ1) is 5.27. The molecule has 0 aromatic heterocycles. The van der Waals surface area contributed by atoms with Crippen molar-refractivity contribution in [3.63, 3.8) is 0 Å². The first kappa shape index (κ1) is 11.8. The van der Waals surface area contributed by atoms with Crippen molar-refractivity contribution < 1.29 is 9.59 Å². The van der Waals surface area contributed by atoms with Gasteiger partial charge < -0.3 is 0 Å². The molecular weight excluding hydrogens is 220 g/mol. The van der Waals surface area contributed by atoms with E-state index >= 15 is 0 Å². The Morgan fingerprint density at radius 3 is 2.00 bits per heavy atom. The smallest absolute Gasteiger partial charge is 0.143 e. The molecule has 0 aliphatic heterocycles. The van der Waals surface area contributed by atoms with Gasteiger partial charge in [-0.3, -0.25) is 9.59 Å². The Hall–Kier alpha value is -0.180. The quantitative estimate of drug-likeness (QED) is 0.701. The van der Waals surface area contributed by atoms with Crippen LogP contribution in [0.15, 0.2) is 0 Å². The fraction of sp³-hybridized carbons (Fsp3) is 0.778. The van der Waals surface area contributed by atoms with Gasteiger partial charge in [0.1, 0.15) is 11.6 Å². The van der Waals surface area contributed by atoms with E-state index in [-0.39, 0.29) is 16.4 Å². The molecule has 1 atom stereocenters. The fourth-order valence-electron chi connectivity index (χ4n) is 0.735. The molecule has 0 rings (SSSR count). The van der Waals surface area contributed by atoms with E-state index in [1.165, 1.54) is 6.92 Å². The van der Waals surface area contributed by atoms with Crippen LogP contribution in [0.1, 0.15) is 34.1 Å². The fourth-order valence-corrected chi connectivity index (χ4v) is 1.54. The van der Waals surface area contributed by atoms with Gasteiger partial charge in [-0.15, -0.1) is 0 Å². The average Bonchev–Trinajstić information content (AvgIpc) is 1.85. The van der Waals surface area contributed by atoms with Gasteiger partial charge in [-0.2, -0.15) is 0 Å². The molecule has 0 aliphatic carbocycles. The van der Waals surface area contributed by atoms with Crippen LogP contribution in [0.4, 0.5) is 0 Å². The van der Waals surface area contributed by atoms with E-state index in [2.05, 4.69) is 15.9 Å². The van der Waals surface area contributed by atoms with E-state index in [1.807, 2.05) is 13.8 Å². The number of ketones is 2. The van der Waals surface area contributed by atoms with Crippen molar-refractivity contribution in [3.05, 3.63) is 0 Å². The highest BCUT2D eigenvalue weighted by Crippen LogP contribution is 2.26. The molecule has 0 bridgehead atoms. The van der Waals surface area contributed by atoms with Crippen LogP contribution in [0.3, 0.4) is 0 Å². The van der Waals surface area contributed by atoms with Crippen molar-refractivity contribution in [2.45, 2.75) is 38.9 Å². The monoisotopic (exact) mass is 234 g/mol. The van der Waals surface area contributed by atoms with Crippen LogP contribution in [0, 0.1) is 5.41 Å². The summed E-state index contributed by atoms with van der Waals surface area (Å²) in [6, 6.07) is 0. The number of carbonyl (C=O) groups excluding carboxylic acids is 2. The van der Waals surface area contributed by atoms with E-state index in [1.54, 1.807) is 6.92 Å². The second kappa shape index (κ2) is 4.17. The number of halogens is 1. The third kappa shape index (κ3) is 3.48. The third-order valence-corrected chi connectivity index (χ3v) is 3.05. The highest BCUT2D eigenvalue weighted by molar-refractivity contribution is 9.10.